The van der Waals surface area contributed by atoms with E-state index in [9.17, 15) is 8.42 Å². The van der Waals surface area contributed by atoms with Crippen LogP contribution in [-0.4, -0.2) is 41.6 Å². The number of hydrogen-bond donors (Lipinski definition) is 2. The highest BCUT2D eigenvalue weighted by atomic mass is 32.2. The van der Waals surface area contributed by atoms with Crippen LogP contribution in [0.15, 0.2) is 54.6 Å². The second-order valence-electron chi connectivity index (χ2n) is 7.36. The minimum Gasteiger partial charge on any atom is -0.347 e. The quantitative estimate of drug-likeness (QED) is 0.672. The van der Waals surface area contributed by atoms with Crippen molar-refractivity contribution in [3.8, 4) is 0 Å². The fourth-order valence-electron chi connectivity index (χ4n) is 3.40. The topological polar surface area (TPSA) is 92.2 Å². The molecule has 2 heterocycles. The Kier molecular flexibility index (Phi) is 5.01. The molecule has 2 atom stereocenters. The molecule has 4 rings (SSSR count). The Morgan fingerprint density at radius 3 is 2.41 bits per heavy atom. The van der Waals surface area contributed by atoms with Gasteiger partial charge < -0.3 is 5.32 Å². The fourth-order valence-corrected chi connectivity index (χ4v) is 3.90. The number of nitrogens with one attached hydrogen (secondary N) is 2. The first-order valence-corrected chi connectivity index (χ1v) is 10.8. The second-order valence-corrected chi connectivity index (χ2v) is 9.25. The van der Waals surface area contributed by atoms with Crippen molar-refractivity contribution in [1.82, 2.24) is 19.1 Å². The summed E-state index contributed by atoms with van der Waals surface area (Å²) in [5.74, 6) is 0.582. The summed E-state index contributed by atoms with van der Waals surface area (Å²) < 4.78 is 29.6. The van der Waals surface area contributed by atoms with Crippen molar-refractivity contribution in [2.24, 2.45) is 0 Å². The van der Waals surface area contributed by atoms with E-state index in [2.05, 4.69) is 63.4 Å². The summed E-state index contributed by atoms with van der Waals surface area (Å²) in [4.78, 5) is 4.41. The van der Waals surface area contributed by atoms with Crippen molar-refractivity contribution in [3.63, 3.8) is 0 Å². The number of hydrogen-bond acceptors (Lipinski definition) is 5. The van der Waals surface area contributed by atoms with Crippen molar-refractivity contribution in [2.75, 3.05) is 24.1 Å². The first kappa shape index (κ1) is 19.4. The number of anilines is 2. The molecule has 0 saturated carbocycles. The van der Waals surface area contributed by atoms with E-state index in [0.717, 1.165) is 21.9 Å². The maximum absolute atomic E-state index is 12.2. The number of aromatic nitrogens is 3. The van der Waals surface area contributed by atoms with Crippen LogP contribution in [-0.2, 0) is 10.2 Å². The Bertz CT molecular complexity index is 1090. The molecule has 29 heavy (non-hydrogen) atoms. The van der Waals surface area contributed by atoms with Crippen LogP contribution < -0.4 is 10.0 Å². The van der Waals surface area contributed by atoms with Crippen molar-refractivity contribution in [2.45, 2.75) is 25.4 Å². The molecule has 1 aliphatic heterocycles. The van der Waals surface area contributed by atoms with Gasteiger partial charge in [0.25, 0.3) is 5.95 Å². The summed E-state index contributed by atoms with van der Waals surface area (Å²) in [6, 6.07) is 18.4. The Morgan fingerprint density at radius 1 is 1.07 bits per heavy atom. The summed E-state index contributed by atoms with van der Waals surface area (Å²) >= 11 is 0. The van der Waals surface area contributed by atoms with Gasteiger partial charge in [-0.25, -0.2) is 9.40 Å². The minimum atomic E-state index is -3.69. The molecular weight excluding hydrogens is 388 g/mol. The number of benzene rings is 2. The molecule has 0 unspecified atom stereocenters. The van der Waals surface area contributed by atoms with Gasteiger partial charge in [-0.15, -0.1) is 5.10 Å². The summed E-state index contributed by atoms with van der Waals surface area (Å²) in [5, 5.41) is 7.85. The van der Waals surface area contributed by atoms with Crippen LogP contribution in [0.4, 0.5) is 11.9 Å². The van der Waals surface area contributed by atoms with Crippen LogP contribution in [0.2, 0.25) is 0 Å². The standard InChI is InChI=1S/C20H24N6O2S/c1-14-9-11-15(12-10-14)17-13-18(16-7-5-4-6-8-16)26-20(21-17)22-19(23-26)24-29(27,28)25(2)3/h4-12,17-18H,13H2,1-3H3,(H2,21,22,23,24)/t17-,18-/m1/s1. The molecule has 0 bridgehead atoms. The third kappa shape index (κ3) is 3.96. The molecule has 0 fully saturated rings. The van der Waals surface area contributed by atoms with E-state index < -0.39 is 10.2 Å². The third-order valence-corrected chi connectivity index (χ3v) is 6.46. The van der Waals surface area contributed by atoms with E-state index in [1.54, 1.807) is 4.68 Å². The van der Waals surface area contributed by atoms with Crippen LogP contribution in [0.5, 0.6) is 0 Å². The van der Waals surface area contributed by atoms with E-state index in [1.165, 1.54) is 19.7 Å². The number of rotatable bonds is 5. The predicted octanol–water partition coefficient (Wildman–Crippen LogP) is 2.95. The molecule has 1 aliphatic rings. The second kappa shape index (κ2) is 7.49. The minimum absolute atomic E-state index is 0.0378. The molecule has 9 heteroatoms. The van der Waals surface area contributed by atoms with E-state index in [4.69, 9.17) is 0 Å². The smallest absolute Gasteiger partial charge is 0.303 e. The van der Waals surface area contributed by atoms with E-state index in [-0.39, 0.29) is 18.0 Å². The van der Waals surface area contributed by atoms with Gasteiger partial charge in [-0.05, 0) is 24.5 Å². The Hall–Kier alpha value is -2.91. The fraction of sp³-hybridized carbons (Fsp3) is 0.300. The van der Waals surface area contributed by atoms with Gasteiger partial charge in [0.05, 0.1) is 12.1 Å². The number of nitrogens with zero attached hydrogens (tertiary/aromatic N) is 4. The lowest BCUT2D eigenvalue weighted by Gasteiger charge is -2.31. The van der Waals surface area contributed by atoms with E-state index in [1.807, 2.05) is 18.2 Å². The van der Waals surface area contributed by atoms with Crippen LogP contribution in [0, 0.1) is 6.92 Å². The normalized spacial score (nSPS) is 18.9. The molecule has 0 aliphatic carbocycles. The maximum Gasteiger partial charge on any atom is 0.303 e. The highest BCUT2D eigenvalue weighted by molar-refractivity contribution is 7.90. The molecule has 152 valence electrons. The number of fused-ring (bicyclic) bond motifs is 1. The molecule has 2 N–H and O–H groups in total. The zero-order chi connectivity index (χ0) is 20.6. The van der Waals surface area contributed by atoms with Crippen LogP contribution in [0.3, 0.4) is 0 Å². The summed E-state index contributed by atoms with van der Waals surface area (Å²) in [6.45, 7) is 2.06. The largest absolute Gasteiger partial charge is 0.347 e. The average molecular weight is 413 g/mol. The van der Waals surface area contributed by atoms with Gasteiger partial charge in [-0.2, -0.15) is 17.7 Å². The van der Waals surface area contributed by atoms with Crippen molar-refractivity contribution in [3.05, 3.63) is 71.3 Å². The van der Waals surface area contributed by atoms with Gasteiger partial charge in [0.15, 0.2) is 0 Å². The van der Waals surface area contributed by atoms with E-state index >= 15 is 0 Å². The highest BCUT2D eigenvalue weighted by Crippen LogP contribution is 2.38. The Morgan fingerprint density at radius 2 is 1.76 bits per heavy atom. The van der Waals surface area contributed by atoms with Gasteiger partial charge in [0, 0.05) is 14.1 Å². The molecule has 3 aromatic rings. The lowest BCUT2D eigenvalue weighted by atomic mass is 9.93. The monoisotopic (exact) mass is 412 g/mol. The summed E-state index contributed by atoms with van der Waals surface area (Å²) in [6.07, 6.45) is 0.767. The van der Waals surface area contributed by atoms with Crippen molar-refractivity contribution < 1.29 is 8.42 Å². The van der Waals surface area contributed by atoms with E-state index in [0.29, 0.717) is 5.95 Å². The van der Waals surface area contributed by atoms with Gasteiger partial charge in [-0.1, -0.05) is 60.2 Å². The molecule has 8 nitrogen and oxygen atoms in total. The molecule has 0 radical (unpaired) electrons. The van der Waals surface area contributed by atoms with Crippen LogP contribution in [0.1, 0.15) is 35.2 Å². The SMILES string of the molecule is Cc1ccc([C@H]2C[C@H](c3ccccc3)n3nc(NS(=O)(=O)N(C)C)nc3N2)cc1. The predicted molar refractivity (Wildman–Crippen MR) is 113 cm³/mol. The zero-order valence-corrected chi connectivity index (χ0v) is 17.4. The molecule has 0 amide bonds. The van der Waals surface area contributed by atoms with Crippen molar-refractivity contribution in [1.29, 1.82) is 0 Å². The third-order valence-electron chi connectivity index (χ3n) is 5.05. The lowest BCUT2D eigenvalue weighted by Crippen LogP contribution is -2.29. The molecular formula is C20H24N6O2S. The first-order chi connectivity index (χ1) is 13.8. The van der Waals surface area contributed by atoms with Crippen LogP contribution in [0.25, 0.3) is 0 Å². The number of aryl methyl sites for hydroxylation is 1. The molecule has 0 saturated heterocycles. The van der Waals surface area contributed by atoms with Gasteiger partial charge in [-0.3, -0.25) is 0 Å². The van der Waals surface area contributed by atoms with Gasteiger partial charge >= 0.3 is 10.2 Å². The Balaban J connectivity index is 1.73. The molecule has 2 aromatic carbocycles. The van der Waals surface area contributed by atoms with Gasteiger partial charge in [0.1, 0.15) is 0 Å². The molecule has 1 aromatic heterocycles. The lowest BCUT2D eigenvalue weighted by molar-refractivity contribution is 0.431. The average Bonchev–Trinajstić information content (AvgIpc) is 3.10. The summed E-state index contributed by atoms with van der Waals surface area (Å²) in [5.41, 5.74) is 3.45. The van der Waals surface area contributed by atoms with Gasteiger partial charge in [0.2, 0.25) is 5.95 Å². The highest BCUT2D eigenvalue weighted by Gasteiger charge is 2.31. The van der Waals surface area contributed by atoms with Crippen molar-refractivity contribution >= 4 is 22.1 Å². The van der Waals surface area contributed by atoms with Crippen LogP contribution >= 0.6 is 0 Å². The Labute approximate surface area is 170 Å². The first-order valence-electron chi connectivity index (χ1n) is 9.38. The zero-order valence-electron chi connectivity index (χ0n) is 16.6. The summed E-state index contributed by atoms with van der Waals surface area (Å²) in [7, 11) is -0.776. The maximum atomic E-state index is 12.2. The molecule has 0 spiro atoms.